The van der Waals surface area contributed by atoms with Crippen molar-refractivity contribution in [2.24, 2.45) is 5.92 Å². The van der Waals surface area contributed by atoms with Gasteiger partial charge in [0.1, 0.15) is 0 Å². The Morgan fingerprint density at radius 3 is 2.92 bits per heavy atom. The molecule has 0 amide bonds. The lowest BCUT2D eigenvalue weighted by molar-refractivity contribution is -0.139. The molecule has 2 aliphatic heterocycles. The first kappa shape index (κ1) is 17.2. The topological polar surface area (TPSA) is 34.6 Å². The van der Waals surface area contributed by atoms with Crippen LogP contribution in [0.2, 0.25) is 0 Å². The summed E-state index contributed by atoms with van der Waals surface area (Å²) in [6.07, 6.45) is 5.90. The monoisotopic (exact) mass is 358 g/mol. The van der Waals surface area contributed by atoms with E-state index in [0.29, 0.717) is 12.5 Å². The summed E-state index contributed by atoms with van der Waals surface area (Å²) in [5, 5.41) is 2.19. The van der Waals surface area contributed by atoms with Gasteiger partial charge in [-0.15, -0.1) is 11.3 Å². The first-order chi connectivity index (χ1) is 12.3. The van der Waals surface area contributed by atoms with E-state index in [1.54, 1.807) is 0 Å². The van der Waals surface area contributed by atoms with Gasteiger partial charge in [-0.25, -0.2) is 0 Å². The van der Waals surface area contributed by atoms with E-state index in [1.807, 2.05) is 35.9 Å². The predicted octanol–water partition coefficient (Wildman–Crippen LogP) is 3.65. The van der Waals surface area contributed by atoms with E-state index in [4.69, 9.17) is 9.47 Å². The van der Waals surface area contributed by atoms with Crippen molar-refractivity contribution >= 4 is 11.3 Å². The van der Waals surface area contributed by atoms with Crippen molar-refractivity contribution in [2.45, 2.75) is 38.5 Å². The molecule has 0 radical (unpaired) electrons. The average Bonchev–Trinajstić information content (AvgIpc) is 3.19. The third-order valence-corrected chi connectivity index (χ3v) is 6.55. The van der Waals surface area contributed by atoms with E-state index in [9.17, 15) is 0 Å². The molecule has 2 aromatic heterocycles. The summed E-state index contributed by atoms with van der Waals surface area (Å²) in [4.78, 5) is 8.05. The predicted molar refractivity (Wildman–Crippen MR) is 99.6 cm³/mol. The van der Waals surface area contributed by atoms with Crippen LogP contribution in [0.25, 0.3) is 0 Å². The Kier molecular flexibility index (Phi) is 5.17. The van der Waals surface area contributed by atoms with Gasteiger partial charge in [0.2, 0.25) is 0 Å². The molecule has 4 nitrogen and oxygen atoms in total. The highest BCUT2D eigenvalue weighted by Crippen LogP contribution is 2.42. The molecule has 0 saturated carbocycles. The second-order valence-corrected chi connectivity index (χ2v) is 8.27. The van der Waals surface area contributed by atoms with Gasteiger partial charge in [-0.1, -0.05) is 0 Å². The van der Waals surface area contributed by atoms with E-state index in [0.717, 1.165) is 39.3 Å². The van der Waals surface area contributed by atoms with Crippen molar-refractivity contribution < 1.29 is 9.47 Å². The van der Waals surface area contributed by atoms with Gasteiger partial charge in [0.05, 0.1) is 12.2 Å². The molecule has 0 aliphatic carbocycles. The third-order valence-electron chi connectivity index (χ3n) is 5.55. The van der Waals surface area contributed by atoms with Crippen LogP contribution in [0, 0.1) is 12.8 Å². The Hall–Kier alpha value is -1.27. The molecule has 1 spiro atoms. The summed E-state index contributed by atoms with van der Waals surface area (Å²) in [6, 6.07) is 6.23. The number of rotatable bonds is 7. The number of likely N-dealkylation sites (tertiary alicyclic amines) is 1. The number of aromatic nitrogens is 1. The van der Waals surface area contributed by atoms with Crippen LogP contribution in [0.5, 0.6) is 0 Å². The van der Waals surface area contributed by atoms with Gasteiger partial charge >= 0.3 is 0 Å². The molecule has 0 unspecified atom stereocenters. The van der Waals surface area contributed by atoms with Crippen molar-refractivity contribution in [3.05, 3.63) is 52.0 Å². The maximum absolute atomic E-state index is 6.18. The lowest BCUT2D eigenvalue weighted by Gasteiger charge is -2.50. The summed E-state index contributed by atoms with van der Waals surface area (Å²) in [5.74, 6) is 0.630. The molecule has 0 aromatic carbocycles. The van der Waals surface area contributed by atoms with E-state index < -0.39 is 0 Å². The van der Waals surface area contributed by atoms with Gasteiger partial charge in [-0.05, 0) is 60.4 Å². The summed E-state index contributed by atoms with van der Waals surface area (Å²) >= 11 is 1.87. The number of aryl methyl sites for hydroxylation is 1. The second kappa shape index (κ2) is 7.54. The van der Waals surface area contributed by atoms with Crippen molar-refractivity contribution in [1.29, 1.82) is 0 Å². The van der Waals surface area contributed by atoms with Crippen LogP contribution in [0.1, 0.15) is 28.8 Å². The normalized spacial score (nSPS) is 22.4. The lowest BCUT2D eigenvalue weighted by atomic mass is 9.79. The first-order valence-corrected chi connectivity index (χ1v) is 9.99. The van der Waals surface area contributed by atoms with Crippen molar-refractivity contribution in [2.75, 3.05) is 26.3 Å². The Bertz CT molecular complexity index is 682. The second-order valence-electron chi connectivity index (χ2n) is 7.27. The number of pyridine rings is 1. The number of nitrogens with zero attached hydrogens (tertiary/aromatic N) is 2. The zero-order valence-corrected chi connectivity index (χ0v) is 15.6. The van der Waals surface area contributed by atoms with Gasteiger partial charge < -0.3 is 9.47 Å². The molecule has 2 saturated heterocycles. The molecule has 4 rings (SSSR count). The fraction of sp³-hybridized carbons (Fsp3) is 0.550. The Morgan fingerprint density at radius 2 is 2.16 bits per heavy atom. The number of hydrogen-bond donors (Lipinski definition) is 0. The highest BCUT2D eigenvalue weighted by molar-refractivity contribution is 7.10. The van der Waals surface area contributed by atoms with E-state index >= 15 is 0 Å². The number of hydrogen-bond acceptors (Lipinski definition) is 5. The fourth-order valence-corrected chi connectivity index (χ4v) is 4.98. The minimum atomic E-state index is 0.0885. The van der Waals surface area contributed by atoms with Gasteiger partial charge in [0.15, 0.2) is 0 Å². The van der Waals surface area contributed by atoms with Gasteiger partial charge in [0, 0.05) is 50.1 Å². The maximum Gasteiger partial charge on any atom is 0.0964 e. The van der Waals surface area contributed by atoms with Crippen LogP contribution in [0.4, 0.5) is 0 Å². The summed E-state index contributed by atoms with van der Waals surface area (Å²) in [7, 11) is 0. The smallest absolute Gasteiger partial charge is 0.0964 e. The maximum atomic E-state index is 6.18. The van der Waals surface area contributed by atoms with Gasteiger partial charge in [-0.2, -0.15) is 0 Å². The van der Waals surface area contributed by atoms with Crippen LogP contribution in [-0.2, 0) is 22.6 Å². The highest BCUT2D eigenvalue weighted by Gasteiger charge is 2.52. The third kappa shape index (κ3) is 3.80. The van der Waals surface area contributed by atoms with Crippen LogP contribution in [0.3, 0.4) is 0 Å². The average molecular weight is 359 g/mol. The molecular weight excluding hydrogens is 332 g/mol. The van der Waals surface area contributed by atoms with E-state index in [-0.39, 0.29) is 5.60 Å². The highest BCUT2D eigenvalue weighted by atomic mass is 32.1. The molecule has 2 fully saturated rings. The first-order valence-electron chi connectivity index (χ1n) is 9.11. The molecule has 5 heteroatoms. The summed E-state index contributed by atoms with van der Waals surface area (Å²) in [5.41, 5.74) is 2.69. The van der Waals surface area contributed by atoms with Crippen molar-refractivity contribution in [3.63, 3.8) is 0 Å². The fourth-order valence-electron chi connectivity index (χ4n) is 4.03. The van der Waals surface area contributed by atoms with Crippen molar-refractivity contribution in [1.82, 2.24) is 9.88 Å². The lowest BCUT2D eigenvalue weighted by Crippen LogP contribution is -2.64. The van der Waals surface area contributed by atoms with Crippen LogP contribution < -0.4 is 0 Å². The molecular formula is C20H26N2O2S. The summed E-state index contributed by atoms with van der Waals surface area (Å²) in [6.45, 7) is 7.80. The molecule has 134 valence electrons. The molecule has 1 atom stereocenters. The molecule has 2 aromatic rings. The number of thiophene rings is 1. The molecule has 2 aliphatic rings. The van der Waals surface area contributed by atoms with Gasteiger partial charge in [-0.3, -0.25) is 9.88 Å². The Balaban J connectivity index is 1.22. The zero-order valence-electron chi connectivity index (χ0n) is 14.8. The van der Waals surface area contributed by atoms with Crippen LogP contribution in [0.15, 0.2) is 36.0 Å². The molecule has 0 bridgehead atoms. The minimum absolute atomic E-state index is 0.0885. The Labute approximate surface area is 153 Å². The molecule has 25 heavy (non-hydrogen) atoms. The zero-order chi connectivity index (χ0) is 17.1. The Morgan fingerprint density at radius 1 is 1.32 bits per heavy atom. The van der Waals surface area contributed by atoms with E-state index in [1.165, 1.54) is 22.4 Å². The van der Waals surface area contributed by atoms with Crippen LogP contribution in [-0.4, -0.2) is 41.8 Å². The molecule has 0 N–H and O–H groups in total. The quantitative estimate of drug-likeness (QED) is 0.708. The number of ether oxygens (including phenoxy) is 2. The standard InChI is InChI=1S/C20H26N2O2S/c1-16-6-11-25-19(16)12-22-14-20(15-22)18(5-10-24-20)4-9-23-13-17-2-7-21-8-3-17/h2-3,6-8,11,18H,4-5,9-10,12-15H2,1H3/t18-/m1/s1. The minimum Gasteiger partial charge on any atom is -0.377 e. The van der Waals surface area contributed by atoms with Crippen molar-refractivity contribution in [3.8, 4) is 0 Å². The molecule has 4 heterocycles. The van der Waals surface area contributed by atoms with Crippen LogP contribution >= 0.6 is 11.3 Å². The largest absolute Gasteiger partial charge is 0.377 e. The SMILES string of the molecule is Cc1ccsc1CN1CC2(C1)OCC[C@H]2CCOCc1ccncc1. The van der Waals surface area contributed by atoms with Gasteiger partial charge in [0.25, 0.3) is 0 Å². The van der Waals surface area contributed by atoms with E-state index in [2.05, 4.69) is 28.3 Å². The summed E-state index contributed by atoms with van der Waals surface area (Å²) < 4.78 is 12.1.